The zero-order valence-corrected chi connectivity index (χ0v) is 13.6. The summed E-state index contributed by atoms with van der Waals surface area (Å²) in [5, 5.41) is 44.4. The third-order valence-electron chi connectivity index (χ3n) is 4.89. The molecule has 24 heavy (non-hydrogen) atoms. The average molecular weight is 351 g/mol. The van der Waals surface area contributed by atoms with Gasteiger partial charge in [0.25, 0.3) is 0 Å². The van der Waals surface area contributed by atoms with Gasteiger partial charge in [-0.05, 0) is 26.7 Å². The Hall–Kier alpha value is -1.03. The normalized spacial score (nSPS) is 38.3. The number of carbonyl (C=O) groups excluding carboxylic acids is 1. The van der Waals surface area contributed by atoms with E-state index in [9.17, 15) is 25.3 Å². The van der Waals surface area contributed by atoms with E-state index in [4.69, 9.17) is 17.7 Å². The average Bonchev–Trinajstić information content (AvgIpc) is 3.11. The number of aliphatic hydroxyl groups excluding tert-OH is 1. The minimum absolute atomic E-state index is 0.0435. The van der Waals surface area contributed by atoms with Gasteiger partial charge in [0.15, 0.2) is 0 Å². The van der Waals surface area contributed by atoms with Gasteiger partial charge < -0.3 is 34.6 Å². The van der Waals surface area contributed by atoms with Crippen LogP contribution in [0.5, 0.6) is 0 Å². The molecule has 0 bridgehead atoms. The van der Waals surface area contributed by atoms with E-state index in [1.54, 1.807) is 0 Å². The quantitative estimate of drug-likeness (QED) is 0.254. The molecule has 0 radical (unpaired) electrons. The van der Waals surface area contributed by atoms with E-state index >= 15 is 0 Å². The molecule has 8 heteroatoms. The predicted octanol–water partition coefficient (Wildman–Crippen LogP) is -0.546. The molecule has 2 aliphatic rings. The molecule has 5 atom stereocenters. The highest BCUT2D eigenvalue weighted by Gasteiger charge is 2.55. The summed E-state index contributed by atoms with van der Waals surface area (Å²) in [6.07, 6.45) is -1.03. The molecule has 0 saturated carbocycles. The fourth-order valence-corrected chi connectivity index (χ4v) is 3.29. The van der Waals surface area contributed by atoms with Crippen molar-refractivity contribution in [2.45, 2.75) is 56.5 Å². The van der Waals surface area contributed by atoms with Crippen LogP contribution in [0, 0.1) is 5.21 Å². The lowest BCUT2D eigenvalue weighted by Crippen LogP contribution is -2.63. The molecule has 0 aliphatic carbocycles. The smallest absolute Gasteiger partial charge is 0.344 e. The van der Waals surface area contributed by atoms with Crippen molar-refractivity contribution >= 4 is 5.97 Å². The molecule has 2 rings (SSSR count). The van der Waals surface area contributed by atoms with Crippen LogP contribution in [0.3, 0.4) is 0 Å². The van der Waals surface area contributed by atoms with Crippen molar-refractivity contribution < 1.29 is 42.5 Å². The number of methoxy groups -OCH3 is 1. The van der Waals surface area contributed by atoms with E-state index in [-0.39, 0.29) is 25.1 Å². The monoisotopic (exact) mass is 351 g/mol. The maximum absolute atomic E-state index is 12.8. The molecule has 0 aromatic rings. The summed E-state index contributed by atoms with van der Waals surface area (Å²) < 4.78 is 54.2. The summed E-state index contributed by atoms with van der Waals surface area (Å²) in [5.74, 6) is -1.74. The molecule has 0 amide bonds. The van der Waals surface area contributed by atoms with Crippen LogP contribution in [0.2, 0.25) is 0 Å². The summed E-state index contributed by atoms with van der Waals surface area (Å²) in [6, 6.07) is -0.880. The summed E-state index contributed by atoms with van der Waals surface area (Å²) in [7, 11) is 0.986. The van der Waals surface area contributed by atoms with E-state index in [1.165, 1.54) is 6.08 Å². The molecule has 0 aromatic heterocycles. The van der Waals surface area contributed by atoms with Gasteiger partial charge in [0.1, 0.15) is 24.4 Å². The maximum Gasteiger partial charge on any atom is 0.344 e. The standard InChI is InChI=1S/C16H27NO7/c1-10(23-4)16(21,15(2,3)20)14(19)24-9-11-5-7-17(22)8-6-12(18)13(11)17/h5,10,12-13,18,20-21H,6-9H2,1-4H3/t10-,12-,13+,16-,17?/m0/s1/i2D3,3D3. The van der Waals surface area contributed by atoms with Gasteiger partial charge in [-0.1, -0.05) is 0 Å². The topological polar surface area (TPSA) is 119 Å². The van der Waals surface area contributed by atoms with E-state index in [0.29, 0.717) is 0 Å². The maximum atomic E-state index is 12.8. The minimum Gasteiger partial charge on any atom is -0.632 e. The fourth-order valence-electron chi connectivity index (χ4n) is 3.29. The summed E-state index contributed by atoms with van der Waals surface area (Å²) in [6.45, 7) is -6.83. The van der Waals surface area contributed by atoms with Crippen LogP contribution in [0.1, 0.15) is 35.3 Å². The lowest BCUT2D eigenvalue weighted by molar-refractivity contribution is -0.877. The molecular formula is C16H27NO7. The number of hydrogen-bond donors (Lipinski definition) is 3. The first-order valence-corrected chi connectivity index (χ1v) is 7.57. The molecule has 138 valence electrons. The van der Waals surface area contributed by atoms with Crippen molar-refractivity contribution in [2.24, 2.45) is 0 Å². The predicted molar refractivity (Wildman–Crippen MR) is 84.5 cm³/mol. The van der Waals surface area contributed by atoms with Gasteiger partial charge >= 0.3 is 5.97 Å². The van der Waals surface area contributed by atoms with E-state index < -0.39 is 60.4 Å². The van der Waals surface area contributed by atoms with Gasteiger partial charge in [0.05, 0.1) is 19.2 Å². The number of nitrogens with zero attached hydrogens (tertiary/aromatic N) is 1. The van der Waals surface area contributed by atoms with Crippen molar-refractivity contribution in [3.05, 3.63) is 16.9 Å². The Kier molecular flexibility index (Phi) is 3.27. The fraction of sp³-hybridized carbons (Fsp3) is 0.812. The number of fused-ring (bicyclic) bond motifs is 1. The van der Waals surface area contributed by atoms with Gasteiger partial charge in [-0.25, -0.2) is 4.79 Å². The number of carbonyl (C=O) groups is 1. The highest BCUT2D eigenvalue weighted by molar-refractivity contribution is 5.82. The second kappa shape index (κ2) is 6.36. The second-order valence-electron chi connectivity index (χ2n) is 6.37. The van der Waals surface area contributed by atoms with Crippen LogP contribution in [0.25, 0.3) is 0 Å². The van der Waals surface area contributed by atoms with Crippen LogP contribution < -0.4 is 0 Å². The highest BCUT2D eigenvalue weighted by Crippen LogP contribution is 2.36. The van der Waals surface area contributed by atoms with Crippen LogP contribution >= 0.6 is 0 Å². The van der Waals surface area contributed by atoms with Gasteiger partial charge in [-0.2, -0.15) is 0 Å². The molecule has 0 spiro atoms. The largest absolute Gasteiger partial charge is 0.632 e. The first kappa shape index (κ1) is 12.3. The first-order valence-electron chi connectivity index (χ1n) is 10.6. The summed E-state index contributed by atoms with van der Waals surface area (Å²) >= 11 is 0. The molecule has 1 saturated heterocycles. The third kappa shape index (κ3) is 2.98. The molecule has 2 heterocycles. The lowest BCUT2D eigenvalue weighted by atomic mass is 9.81. The number of quaternary nitrogens is 1. The molecule has 3 N–H and O–H groups in total. The molecule has 8 nitrogen and oxygen atoms in total. The first-order chi connectivity index (χ1) is 13.5. The number of hydroxylamine groups is 3. The second-order valence-corrected chi connectivity index (χ2v) is 6.37. The molecule has 0 aromatic carbocycles. The van der Waals surface area contributed by atoms with E-state index in [2.05, 4.69) is 0 Å². The van der Waals surface area contributed by atoms with Crippen molar-refractivity contribution in [3.63, 3.8) is 0 Å². The molecular weight excluding hydrogens is 318 g/mol. The third-order valence-corrected chi connectivity index (χ3v) is 4.89. The zero-order chi connectivity index (χ0) is 23.3. The van der Waals surface area contributed by atoms with Crippen LogP contribution in [0.15, 0.2) is 11.6 Å². The minimum atomic E-state index is -3.92. The SMILES string of the molecule is [2H]C([2H])([2H])C(O)(C([2H])([2H])[2H])[C@@](O)(C(=O)OCC1=CC[N+]2([O-])CC[C@H](O)[C@@H]12)[C@H](C)OC. The van der Waals surface area contributed by atoms with E-state index in [0.717, 1.165) is 14.0 Å². The lowest BCUT2D eigenvalue weighted by Gasteiger charge is -2.41. The number of esters is 1. The Balaban J connectivity index is 2.37. The van der Waals surface area contributed by atoms with Crippen LogP contribution in [-0.2, 0) is 14.3 Å². The van der Waals surface area contributed by atoms with Gasteiger partial charge in [-0.15, -0.1) is 0 Å². The van der Waals surface area contributed by atoms with Gasteiger partial charge in [0, 0.05) is 27.3 Å². The molecule has 1 unspecified atom stereocenters. The van der Waals surface area contributed by atoms with Crippen molar-refractivity contribution in [3.8, 4) is 0 Å². The summed E-state index contributed by atoms with van der Waals surface area (Å²) in [4.78, 5) is 12.8. The van der Waals surface area contributed by atoms with Gasteiger partial charge in [-0.3, -0.25) is 0 Å². The van der Waals surface area contributed by atoms with E-state index in [1.807, 2.05) is 0 Å². The highest BCUT2D eigenvalue weighted by atomic mass is 16.6. The zero-order valence-electron chi connectivity index (χ0n) is 19.6. The Morgan fingerprint density at radius 3 is 2.83 bits per heavy atom. The Labute approximate surface area is 149 Å². The summed E-state index contributed by atoms with van der Waals surface area (Å²) in [5.41, 5.74) is -7.16. The van der Waals surface area contributed by atoms with Gasteiger partial charge in [0.2, 0.25) is 5.60 Å². The number of aliphatic hydroxyl groups is 3. The number of rotatable bonds is 6. The van der Waals surface area contributed by atoms with Crippen molar-refractivity contribution in [1.82, 2.24) is 0 Å². The Bertz CT molecular complexity index is 697. The van der Waals surface area contributed by atoms with Crippen molar-refractivity contribution in [2.75, 3.05) is 26.8 Å². The van der Waals surface area contributed by atoms with Crippen molar-refractivity contribution in [1.29, 1.82) is 0 Å². The van der Waals surface area contributed by atoms with Crippen LogP contribution in [-0.4, -0.2) is 82.2 Å². The molecule has 2 aliphatic heterocycles. The number of ether oxygens (including phenoxy) is 2. The molecule has 1 fully saturated rings. The Morgan fingerprint density at radius 1 is 1.58 bits per heavy atom. The van der Waals surface area contributed by atoms with Crippen LogP contribution in [0.4, 0.5) is 0 Å². The Morgan fingerprint density at radius 2 is 2.25 bits per heavy atom. The number of hydrogen-bond acceptors (Lipinski definition) is 7.